The van der Waals surface area contributed by atoms with Gasteiger partial charge in [-0.1, -0.05) is 0 Å². The number of benzene rings is 1. The van der Waals surface area contributed by atoms with Gasteiger partial charge in [0.1, 0.15) is 11.9 Å². The van der Waals surface area contributed by atoms with Gasteiger partial charge in [0.05, 0.1) is 18.8 Å². The molecule has 0 saturated carbocycles. The largest absolute Gasteiger partial charge is 0.442 e. The second-order valence-electron chi connectivity index (χ2n) is 7.23. The van der Waals surface area contributed by atoms with Crippen molar-refractivity contribution in [3.63, 3.8) is 0 Å². The van der Waals surface area contributed by atoms with Crippen LogP contribution < -0.4 is 20.4 Å². The Hall–Kier alpha value is -2.98. The van der Waals surface area contributed by atoms with E-state index < -0.39 is 18.0 Å². The molecule has 2 fully saturated rings. The van der Waals surface area contributed by atoms with Crippen molar-refractivity contribution in [2.75, 3.05) is 49.1 Å². The van der Waals surface area contributed by atoms with E-state index in [-0.39, 0.29) is 31.4 Å². The molecule has 0 bridgehead atoms. The van der Waals surface area contributed by atoms with Crippen molar-refractivity contribution in [3.05, 3.63) is 36.4 Å². The normalized spacial score (nSPS) is 18.4. The van der Waals surface area contributed by atoms with E-state index in [2.05, 4.69) is 25.5 Å². The molecular formula is C20H24ClFN6O3. The number of carbonyl (C=O) groups excluding carboxylic acids is 2. The zero-order valence-electron chi connectivity index (χ0n) is 17.0. The Balaban J connectivity index is 0.00000272. The maximum Gasteiger partial charge on any atom is 0.414 e. The SMILES string of the molecule is CC(=O)NC[C@H]1CN(c2ccc(-c3cnc(N4CCNCC4)nc3)c(F)c2)C(=O)O1.Cl. The van der Waals surface area contributed by atoms with Gasteiger partial charge in [-0.15, -0.1) is 12.4 Å². The van der Waals surface area contributed by atoms with Gasteiger partial charge >= 0.3 is 6.09 Å². The van der Waals surface area contributed by atoms with Crippen LogP contribution in [0.25, 0.3) is 11.1 Å². The molecule has 11 heteroatoms. The molecule has 0 aliphatic carbocycles. The van der Waals surface area contributed by atoms with Gasteiger partial charge in [-0.2, -0.15) is 0 Å². The molecule has 2 N–H and O–H groups in total. The molecule has 2 amide bonds. The smallest absolute Gasteiger partial charge is 0.414 e. The number of halogens is 2. The maximum absolute atomic E-state index is 14.8. The number of hydrogen-bond acceptors (Lipinski definition) is 7. The van der Waals surface area contributed by atoms with Crippen molar-refractivity contribution in [1.29, 1.82) is 0 Å². The Labute approximate surface area is 185 Å². The van der Waals surface area contributed by atoms with Crippen LogP contribution in [-0.4, -0.2) is 67.3 Å². The molecule has 2 saturated heterocycles. The topological polar surface area (TPSA) is 99.7 Å². The third-order valence-electron chi connectivity index (χ3n) is 5.07. The first-order valence-electron chi connectivity index (χ1n) is 9.81. The van der Waals surface area contributed by atoms with E-state index in [1.807, 2.05) is 0 Å². The molecule has 2 aliphatic rings. The lowest BCUT2D eigenvalue weighted by atomic mass is 10.1. The van der Waals surface area contributed by atoms with E-state index in [0.717, 1.165) is 26.2 Å². The first kappa shape index (κ1) is 22.7. The number of aromatic nitrogens is 2. The summed E-state index contributed by atoms with van der Waals surface area (Å²) < 4.78 is 20.0. The Morgan fingerprint density at radius 1 is 1.29 bits per heavy atom. The van der Waals surface area contributed by atoms with E-state index >= 15 is 0 Å². The fourth-order valence-corrected chi connectivity index (χ4v) is 3.49. The second-order valence-corrected chi connectivity index (χ2v) is 7.23. The van der Waals surface area contributed by atoms with Crippen molar-refractivity contribution < 1.29 is 18.7 Å². The third kappa shape index (κ3) is 5.20. The highest BCUT2D eigenvalue weighted by atomic mass is 35.5. The van der Waals surface area contributed by atoms with Crippen LogP contribution in [-0.2, 0) is 9.53 Å². The van der Waals surface area contributed by atoms with Crippen molar-refractivity contribution in [3.8, 4) is 11.1 Å². The fraction of sp³-hybridized carbons (Fsp3) is 0.400. The first-order valence-corrected chi connectivity index (χ1v) is 9.81. The standard InChI is InChI=1S/C20H23FN6O3.ClH/c1-13(28)23-11-16-12-27(20(29)30-16)15-2-3-17(18(21)8-15)14-9-24-19(25-10-14)26-6-4-22-5-7-26;/h2-3,8-10,16,22H,4-7,11-12H2,1H3,(H,23,28);1H/t16-;/m0./s1. The molecule has 3 heterocycles. The average molecular weight is 451 g/mol. The summed E-state index contributed by atoms with van der Waals surface area (Å²) in [7, 11) is 0. The van der Waals surface area contributed by atoms with Crippen LogP contribution in [0, 0.1) is 5.82 Å². The molecule has 166 valence electrons. The van der Waals surface area contributed by atoms with Crippen LogP contribution in [0.5, 0.6) is 0 Å². The quantitative estimate of drug-likeness (QED) is 0.713. The van der Waals surface area contributed by atoms with Gasteiger partial charge in [0, 0.05) is 56.6 Å². The zero-order chi connectivity index (χ0) is 21.1. The molecule has 0 spiro atoms. The van der Waals surface area contributed by atoms with Gasteiger partial charge in [-0.3, -0.25) is 9.69 Å². The molecule has 1 atom stereocenters. The molecule has 0 radical (unpaired) electrons. The van der Waals surface area contributed by atoms with Crippen molar-refractivity contribution in [1.82, 2.24) is 20.6 Å². The maximum atomic E-state index is 14.8. The average Bonchev–Trinajstić information content (AvgIpc) is 3.13. The minimum atomic E-state index is -0.568. The predicted molar refractivity (Wildman–Crippen MR) is 116 cm³/mol. The van der Waals surface area contributed by atoms with Crippen LogP contribution in [0.3, 0.4) is 0 Å². The molecule has 1 aromatic carbocycles. The van der Waals surface area contributed by atoms with Crippen LogP contribution in [0.2, 0.25) is 0 Å². The molecule has 2 aliphatic heterocycles. The van der Waals surface area contributed by atoms with Gasteiger partial charge in [0.15, 0.2) is 0 Å². The number of carbonyl (C=O) groups is 2. The minimum absolute atomic E-state index is 0. The summed E-state index contributed by atoms with van der Waals surface area (Å²) in [6.45, 7) is 5.27. The summed E-state index contributed by atoms with van der Waals surface area (Å²) in [6, 6.07) is 4.55. The van der Waals surface area contributed by atoms with Gasteiger partial charge in [-0.05, 0) is 18.2 Å². The number of cyclic esters (lactones) is 1. The molecular weight excluding hydrogens is 427 g/mol. The molecule has 1 aromatic heterocycles. The molecule has 9 nitrogen and oxygen atoms in total. The van der Waals surface area contributed by atoms with Gasteiger partial charge < -0.3 is 20.3 Å². The van der Waals surface area contributed by atoms with Gasteiger partial charge in [0.25, 0.3) is 0 Å². The molecule has 2 aromatic rings. The Kier molecular flexibility index (Phi) is 7.24. The summed E-state index contributed by atoms with van der Waals surface area (Å²) in [5.74, 6) is -0.0588. The summed E-state index contributed by atoms with van der Waals surface area (Å²) in [5.41, 5.74) is 1.31. The number of anilines is 2. The van der Waals surface area contributed by atoms with Gasteiger partial charge in [0.2, 0.25) is 11.9 Å². The van der Waals surface area contributed by atoms with Crippen molar-refractivity contribution in [2.45, 2.75) is 13.0 Å². The third-order valence-corrected chi connectivity index (χ3v) is 5.07. The summed E-state index contributed by atoms with van der Waals surface area (Å²) in [6.07, 6.45) is 2.17. The first-order chi connectivity index (χ1) is 14.5. The van der Waals surface area contributed by atoms with Crippen LogP contribution in [0.4, 0.5) is 20.8 Å². The van der Waals surface area contributed by atoms with E-state index in [0.29, 0.717) is 22.8 Å². The number of hydrogen-bond donors (Lipinski definition) is 2. The number of nitrogens with zero attached hydrogens (tertiary/aromatic N) is 4. The Bertz CT molecular complexity index is 939. The highest BCUT2D eigenvalue weighted by Gasteiger charge is 2.32. The van der Waals surface area contributed by atoms with Gasteiger partial charge in [-0.25, -0.2) is 19.2 Å². The molecule has 31 heavy (non-hydrogen) atoms. The van der Waals surface area contributed by atoms with E-state index in [4.69, 9.17) is 4.74 Å². The molecule has 0 unspecified atom stereocenters. The van der Waals surface area contributed by atoms with Crippen LogP contribution >= 0.6 is 12.4 Å². The van der Waals surface area contributed by atoms with Crippen molar-refractivity contribution in [2.24, 2.45) is 0 Å². The fourth-order valence-electron chi connectivity index (χ4n) is 3.49. The lowest BCUT2D eigenvalue weighted by Crippen LogP contribution is -2.44. The monoisotopic (exact) mass is 450 g/mol. The van der Waals surface area contributed by atoms with Crippen LogP contribution in [0.15, 0.2) is 30.6 Å². The summed E-state index contributed by atoms with van der Waals surface area (Å²) in [4.78, 5) is 35.3. The lowest BCUT2D eigenvalue weighted by molar-refractivity contribution is -0.119. The van der Waals surface area contributed by atoms with Crippen LogP contribution in [0.1, 0.15) is 6.92 Å². The highest BCUT2D eigenvalue weighted by Crippen LogP contribution is 2.29. The Morgan fingerprint density at radius 3 is 2.65 bits per heavy atom. The van der Waals surface area contributed by atoms with E-state index in [9.17, 15) is 14.0 Å². The lowest BCUT2D eigenvalue weighted by Gasteiger charge is -2.27. The zero-order valence-corrected chi connectivity index (χ0v) is 17.8. The molecule has 4 rings (SSSR count). The predicted octanol–water partition coefficient (Wildman–Crippen LogP) is 1.58. The highest BCUT2D eigenvalue weighted by molar-refractivity contribution is 5.90. The Morgan fingerprint density at radius 2 is 2.00 bits per heavy atom. The number of amides is 2. The van der Waals surface area contributed by atoms with Crippen molar-refractivity contribution >= 4 is 36.0 Å². The van der Waals surface area contributed by atoms with E-state index in [1.54, 1.807) is 24.5 Å². The number of ether oxygens (including phenoxy) is 1. The number of piperazine rings is 1. The minimum Gasteiger partial charge on any atom is -0.442 e. The summed E-state index contributed by atoms with van der Waals surface area (Å²) in [5, 5.41) is 5.89. The summed E-state index contributed by atoms with van der Waals surface area (Å²) >= 11 is 0. The second kappa shape index (κ2) is 9.88. The number of nitrogens with one attached hydrogen (secondary N) is 2. The number of rotatable bonds is 5. The van der Waals surface area contributed by atoms with E-state index in [1.165, 1.54) is 17.9 Å².